The second-order valence-corrected chi connectivity index (χ2v) is 5.10. The first-order chi connectivity index (χ1) is 6.59. The van der Waals surface area contributed by atoms with E-state index in [0.717, 1.165) is 22.1 Å². The highest BCUT2D eigenvalue weighted by atomic mass is 35.5. The van der Waals surface area contributed by atoms with Gasteiger partial charge >= 0.3 is 0 Å². The summed E-state index contributed by atoms with van der Waals surface area (Å²) in [7, 11) is 0. The van der Waals surface area contributed by atoms with Gasteiger partial charge < -0.3 is 5.73 Å². The molecule has 0 saturated carbocycles. The van der Waals surface area contributed by atoms with Gasteiger partial charge in [-0.2, -0.15) is 11.8 Å². The zero-order valence-electron chi connectivity index (χ0n) is 7.97. The molecule has 4 heteroatoms. The molecule has 1 unspecified atom stereocenters. The fraction of sp³-hybridized carbons (Fsp3) is 0.400. The minimum absolute atomic E-state index is 0.228. The third kappa shape index (κ3) is 4.09. The average Bonchev–Trinajstić information content (AvgIpc) is 2.08. The van der Waals surface area contributed by atoms with Crippen molar-refractivity contribution in [1.82, 2.24) is 0 Å². The van der Waals surface area contributed by atoms with Crippen LogP contribution in [0.1, 0.15) is 12.5 Å². The predicted octanol–water partition coefficient (Wildman–Crippen LogP) is 3.57. The minimum atomic E-state index is 0.228. The van der Waals surface area contributed by atoms with Crippen molar-refractivity contribution in [3.05, 3.63) is 33.8 Å². The Morgan fingerprint density at radius 1 is 1.43 bits per heavy atom. The zero-order valence-corrected chi connectivity index (χ0v) is 10.3. The standard InChI is InChI=1S/C10H13Cl2NS/c1-7(13)5-14-6-8-2-3-9(11)4-10(8)12/h2-4,7H,5-6,13H2,1H3. The van der Waals surface area contributed by atoms with E-state index in [9.17, 15) is 0 Å². The monoisotopic (exact) mass is 249 g/mol. The van der Waals surface area contributed by atoms with Crippen LogP contribution in [-0.2, 0) is 5.75 Å². The summed E-state index contributed by atoms with van der Waals surface area (Å²) in [4.78, 5) is 0. The van der Waals surface area contributed by atoms with Crippen LogP contribution in [0.5, 0.6) is 0 Å². The van der Waals surface area contributed by atoms with Crippen LogP contribution < -0.4 is 5.73 Å². The smallest absolute Gasteiger partial charge is 0.0461 e. The van der Waals surface area contributed by atoms with Gasteiger partial charge in [0, 0.05) is 27.6 Å². The Balaban J connectivity index is 2.51. The lowest BCUT2D eigenvalue weighted by molar-refractivity contribution is 0.847. The van der Waals surface area contributed by atoms with Crippen LogP contribution in [-0.4, -0.2) is 11.8 Å². The number of hydrogen-bond donors (Lipinski definition) is 1. The van der Waals surface area contributed by atoms with E-state index < -0.39 is 0 Å². The molecular formula is C10H13Cl2NS. The Morgan fingerprint density at radius 3 is 2.71 bits per heavy atom. The third-order valence-corrected chi connectivity index (χ3v) is 3.52. The molecule has 1 rings (SSSR count). The SMILES string of the molecule is CC(N)CSCc1ccc(Cl)cc1Cl. The molecule has 0 aliphatic carbocycles. The van der Waals surface area contributed by atoms with Crippen molar-refractivity contribution < 1.29 is 0 Å². The van der Waals surface area contributed by atoms with Gasteiger partial charge in [-0.15, -0.1) is 0 Å². The fourth-order valence-corrected chi connectivity index (χ4v) is 2.51. The summed E-state index contributed by atoms with van der Waals surface area (Å²) < 4.78 is 0. The summed E-state index contributed by atoms with van der Waals surface area (Å²) in [5.41, 5.74) is 6.76. The van der Waals surface area contributed by atoms with E-state index in [1.165, 1.54) is 0 Å². The fourth-order valence-electron chi connectivity index (χ4n) is 0.994. The largest absolute Gasteiger partial charge is 0.327 e. The molecule has 0 radical (unpaired) electrons. The van der Waals surface area contributed by atoms with Crippen molar-refractivity contribution in [2.45, 2.75) is 18.7 Å². The quantitative estimate of drug-likeness (QED) is 0.883. The number of hydrogen-bond acceptors (Lipinski definition) is 2. The summed E-state index contributed by atoms with van der Waals surface area (Å²) in [6.07, 6.45) is 0. The van der Waals surface area contributed by atoms with Gasteiger partial charge in [-0.3, -0.25) is 0 Å². The molecule has 0 spiro atoms. The molecule has 2 N–H and O–H groups in total. The first-order valence-corrected chi connectivity index (χ1v) is 6.28. The van der Waals surface area contributed by atoms with Gasteiger partial charge in [0.1, 0.15) is 0 Å². The van der Waals surface area contributed by atoms with Crippen LogP contribution in [0.15, 0.2) is 18.2 Å². The molecule has 0 amide bonds. The maximum atomic E-state index is 6.02. The van der Waals surface area contributed by atoms with Crippen molar-refractivity contribution in [1.29, 1.82) is 0 Å². The van der Waals surface area contributed by atoms with Crippen LogP contribution in [0.4, 0.5) is 0 Å². The number of rotatable bonds is 4. The van der Waals surface area contributed by atoms with Gasteiger partial charge in [0.25, 0.3) is 0 Å². The summed E-state index contributed by atoms with van der Waals surface area (Å²) in [6, 6.07) is 5.81. The Hall–Kier alpha value is 0.110. The van der Waals surface area contributed by atoms with Crippen LogP contribution in [0.2, 0.25) is 10.0 Å². The van der Waals surface area contributed by atoms with Crippen LogP contribution in [0.3, 0.4) is 0 Å². The van der Waals surface area contributed by atoms with E-state index in [1.54, 1.807) is 17.8 Å². The van der Waals surface area contributed by atoms with Gasteiger partial charge in [0.2, 0.25) is 0 Å². The van der Waals surface area contributed by atoms with Gasteiger partial charge in [0.05, 0.1) is 0 Å². The molecule has 1 aromatic carbocycles. The van der Waals surface area contributed by atoms with Crippen molar-refractivity contribution in [3.8, 4) is 0 Å². The molecule has 1 atom stereocenters. The summed E-state index contributed by atoms with van der Waals surface area (Å²) >= 11 is 13.6. The molecule has 14 heavy (non-hydrogen) atoms. The lowest BCUT2D eigenvalue weighted by Gasteiger charge is -2.06. The first-order valence-electron chi connectivity index (χ1n) is 4.37. The Morgan fingerprint density at radius 2 is 2.14 bits per heavy atom. The molecule has 0 aliphatic heterocycles. The van der Waals surface area contributed by atoms with Gasteiger partial charge in [-0.25, -0.2) is 0 Å². The van der Waals surface area contributed by atoms with E-state index in [-0.39, 0.29) is 6.04 Å². The van der Waals surface area contributed by atoms with Gasteiger partial charge in [-0.1, -0.05) is 29.3 Å². The second-order valence-electron chi connectivity index (χ2n) is 3.23. The average molecular weight is 250 g/mol. The van der Waals surface area contributed by atoms with E-state index >= 15 is 0 Å². The van der Waals surface area contributed by atoms with Gasteiger partial charge in [-0.05, 0) is 24.6 Å². The van der Waals surface area contributed by atoms with E-state index in [2.05, 4.69) is 0 Å². The summed E-state index contributed by atoms with van der Waals surface area (Å²) in [5.74, 6) is 1.83. The van der Waals surface area contributed by atoms with Crippen LogP contribution in [0, 0.1) is 0 Å². The number of nitrogens with two attached hydrogens (primary N) is 1. The molecule has 1 aromatic rings. The summed E-state index contributed by atoms with van der Waals surface area (Å²) in [5, 5.41) is 1.41. The topological polar surface area (TPSA) is 26.0 Å². The Bertz CT molecular complexity index is 302. The van der Waals surface area contributed by atoms with Crippen LogP contribution in [0.25, 0.3) is 0 Å². The highest BCUT2D eigenvalue weighted by Crippen LogP contribution is 2.24. The van der Waals surface area contributed by atoms with Crippen molar-refractivity contribution >= 4 is 35.0 Å². The molecule has 78 valence electrons. The molecule has 0 bridgehead atoms. The predicted molar refractivity (Wildman–Crippen MR) is 66.3 cm³/mol. The lowest BCUT2D eigenvalue weighted by Crippen LogP contribution is -2.17. The van der Waals surface area contributed by atoms with E-state index in [0.29, 0.717) is 5.02 Å². The molecule has 0 heterocycles. The second kappa shape index (κ2) is 5.86. The molecule has 0 aromatic heterocycles. The van der Waals surface area contributed by atoms with E-state index in [1.807, 2.05) is 19.1 Å². The molecule has 0 fully saturated rings. The Kier molecular flexibility index (Phi) is 5.10. The molecule has 0 aliphatic rings. The molecule has 0 saturated heterocycles. The number of benzene rings is 1. The van der Waals surface area contributed by atoms with Crippen LogP contribution >= 0.6 is 35.0 Å². The highest BCUT2D eigenvalue weighted by Gasteiger charge is 2.02. The minimum Gasteiger partial charge on any atom is -0.327 e. The first kappa shape index (κ1) is 12.2. The summed E-state index contributed by atoms with van der Waals surface area (Å²) in [6.45, 7) is 2.00. The van der Waals surface area contributed by atoms with E-state index in [4.69, 9.17) is 28.9 Å². The number of thioether (sulfide) groups is 1. The normalized spacial score (nSPS) is 12.9. The highest BCUT2D eigenvalue weighted by molar-refractivity contribution is 7.98. The third-order valence-electron chi connectivity index (χ3n) is 1.65. The van der Waals surface area contributed by atoms with Crippen molar-refractivity contribution in [2.24, 2.45) is 5.73 Å². The maximum Gasteiger partial charge on any atom is 0.0461 e. The molecule has 1 nitrogen and oxygen atoms in total. The van der Waals surface area contributed by atoms with Crippen molar-refractivity contribution in [2.75, 3.05) is 5.75 Å². The Labute approximate surface area is 99.0 Å². The lowest BCUT2D eigenvalue weighted by atomic mass is 10.2. The zero-order chi connectivity index (χ0) is 10.6. The number of halogens is 2. The van der Waals surface area contributed by atoms with Crippen molar-refractivity contribution in [3.63, 3.8) is 0 Å². The molecular weight excluding hydrogens is 237 g/mol. The van der Waals surface area contributed by atoms with Gasteiger partial charge in [0.15, 0.2) is 0 Å². The maximum absolute atomic E-state index is 6.02.